The normalized spacial score (nSPS) is 13.1. The van der Waals surface area contributed by atoms with Gasteiger partial charge in [-0.05, 0) is 24.3 Å². The van der Waals surface area contributed by atoms with Crippen molar-refractivity contribution < 1.29 is 14.3 Å². The van der Waals surface area contributed by atoms with Crippen molar-refractivity contribution >= 4 is 28.9 Å². The van der Waals surface area contributed by atoms with Crippen LogP contribution < -0.4 is 21.5 Å². The van der Waals surface area contributed by atoms with Crippen LogP contribution in [-0.4, -0.2) is 50.4 Å². The van der Waals surface area contributed by atoms with E-state index in [-0.39, 0.29) is 36.3 Å². The number of nitrogens with zero attached hydrogens (tertiary/aromatic N) is 5. The van der Waals surface area contributed by atoms with Gasteiger partial charge in [-0.2, -0.15) is 0 Å². The van der Waals surface area contributed by atoms with Crippen molar-refractivity contribution in [1.29, 1.82) is 0 Å². The fraction of sp³-hybridized carbons (Fsp3) is 0.286. The van der Waals surface area contributed by atoms with Crippen molar-refractivity contribution in [2.24, 2.45) is 14.1 Å². The Labute approximate surface area is 181 Å². The van der Waals surface area contributed by atoms with Crippen molar-refractivity contribution in [3.8, 4) is 11.8 Å². The highest BCUT2D eigenvalue weighted by molar-refractivity contribution is 5.89. The van der Waals surface area contributed by atoms with Crippen LogP contribution in [0.1, 0.15) is 5.56 Å². The molecule has 4 rings (SSSR count). The molecule has 1 saturated heterocycles. The lowest BCUT2D eigenvalue weighted by Gasteiger charge is -2.11. The molecule has 1 N–H and O–H groups in total. The van der Waals surface area contributed by atoms with Gasteiger partial charge in [0.2, 0.25) is 5.91 Å². The summed E-state index contributed by atoms with van der Waals surface area (Å²) in [7, 11) is 2.89. The number of carbonyl (C=O) groups excluding carboxylic acids is 2. The maximum atomic E-state index is 12.4. The van der Waals surface area contributed by atoms with Crippen LogP contribution in [0.3, 0.4) is 0 Å². The van der Waals surface area contributed by atoms with Gasteiger partial charge in [0.05, 0.1) is 19.4 Å². The fourth-order valence-corrected chi connectivity index (χ4v) is 3.37. The van der Waals surface area contributed by atoms with Crippen LogP contribution in [0.5, 0.6) is 0 Å². The molecule has 0 bridgehead atoms. The largest absolute Gasteiger partial charge is 0.447 e. The van der Waals surface area contributed by atoms with Crippen molar-refractivity contribution in [2.45, 2.75) is 6.54 Å². The molecule has 3 heterocycles. The highest BCUT2D eigenvalue weighted by Crippen LogP contribution is 2.18. The first-order chi connectivity index (χ1) is 15.4. The summed E-state index contributed by atoms with van der Waals surface area (Å²) in [6, 6.07) is 7.14. The Kier molecular flexibility index (Phi) is 5.51. The van der Waals surface area contributed by atoms with E-state index in [0.29, 0.717) is 13.2 Å². The molecule has 1 fully saturated rings. The first kappa shape index (κ1) is 20.9. The SMILES string of the molecule is Cn1c(=O)c2c(ncn2CC(=O)NCC#Cc2ccc(N3CCOC3=O)cc2)n(C)c1=O. The number of aromatic nitrogens is 4. The zero-order chi connectivity index (χ0) is 22.8. The summed E-state index contributed by atoms with van der Waals surface area (Å²) in [6.07, 6.45) is 0.992. The summed E-state index contributed by atoms with van der Waals surface area (Å²) in [6.45, 7) is 0.876. The molecule has 1 aliphatic rings. The van der Waals surface area contributed by atoms with E-state index >= 15 is 0 Å². The number of carbonyl (C=O) groups is 2. The van der Waals surface area contributed by atoms with Crippen molar-refractivity contribution in [1.82, 2.24) is 24.0 Å². The smallest absolute Gasteiger partial charge is 0.414 e. The van der Waals surface area contributed by atoms with Crippen LogP contribution in [0.2, 0.25) is 0 Å². The van der Waals surface area contributed by atoms with Crippen LogP contribution in [0, 0.1) is 11.8 Å². The molecule has 0 atom stereocenters. The van der Waals surface area contributed by atoms with E-state index in [2.05, 4.69) is 22.1 Å². The Bertz CT molecular complexity index is 1390. The highest BCUT2D eigenvalue weighted by Gasteiger charge is 2.23. The molecule has 0 radical (unpaired) electrons. The Hall–Kier alpha value is -4.33. The maximum absolute atomic E-state index is 12.4. The number of nitrogens with one attached hydrogen (secondary N) is 1. The molecule has 0 spiro atoms. The molecule has 0 unspecified atom stereocenters. The lowest BCUT2D eigenvalue weighted by molar-refractivity contribution is -0.121. The van der Waals surface area contributed by atoms with Crippen molar-refractivity contribution in [3.05, 3.63) is 57.0 Å². The molecule has 2 amide bonds. The lowest BCUT2D eigenvalue weighted by atomic mass is 10.2. The lowest BCUT2D eigenvalue weighted by Crippen LogP contribution is -2.38. The minimum Gasteiger partial charge on any atom is -0.447 e. The number of amides is 2. The van der Waals surface area contributed by atoms with Gasteiger partial charge in [0, 0.05) is 25.3 Å². The minimum atomic E-state index is -0.515. The number of fused-ring (bicyclic) bond motifs is 1. The second kappa shape index (κ2) is 8.43. The molecule has 164 valence electrons. The number of hydrogen-bond acceptors (Lipinski definition) is 6. The number of ether oxygens (including phenoxy) is 1. The first-order valence-corrected chi connectivity index (χ1v) is 9.77. The van der Waals surface area contributed by atoms with Gasteiger partial charge in [-0.3, -0.25) is 23.6 Å². The van der Waals surface area contributed by atoms with Gasteiger partial charge in [-0.1, -0.05) is 11.8 Å². The summed E-state index contributed by atoms with van der Waals surface area (Å²) in [5.74, 6) is 5.45. The average molecular weight is 436 g/mol. The predicted octanol–water partition coefficient (Wildman–Crippen LogP) is -0.442. The van der Waals surface area contributed by atoms with Crippen LogP contribution in [0.15, 0.2) is 40.2 Å². The molecular formula is C21H20N6O5. The Morgan fingerprint density at radius 2 is 1.91 bits per heavy atom. The third-order valence-electron chi connectivity index (χ3n) is 5.08. The van der Waals surface area contributed by atoms with Gasteiger partial charge in [0.25, 0.3) is 5.56 Å². The second-order valence-electron chi connectivity index (χ2n) is 7.14. The molecule has 11 nitrogen and oxygen atoms in total. The summed E-state index contributed by atoms with van der Waals surface area (Å²) < 4.78 is 8.55. The Morgan fingerprint density at radius 3 is 2.59 bits per heavy atom. The highest BCUT2D eigenvalue weighted by atomic mass is 16.6. The Balaban J connectivity index is 1.38. The summed E-state index contributed by atoms with van der Waals surface area (Å²) in [4.78, 5) is 53.9. The van der Waals surface area contributed by atoms with E-state index in [9.17, 15) is 19.2 Å². The summed E-state index contributed by atoms with van der Waals surface area (Å²) >= 11 is 0. The third-order valence-corrected chi connectivity index (χ3v) is 5.08. The van der Waals surface area contributed by atoms with Gasteiger partial charge in [0.1, 0.15) is 13.2 Å². The van der Waals surface area contributed by atoms with Gasteiger partial charge in [-0.15, -0.1) is 0 Å². The Morgan fingerprint density at radius 1 is 1.16 bits per heavy atom. The standard InChI is InChI=1S/C21H20N6O5/c1-24-18-17(19(29)25(2)20(24)30)26(13-23-18)12-16(28)22-9-3-4-14-5-7-15(8-6-14)27-10-11-32-21(27)31/h5-8,13H,9-12H2,1-2H3,(H,22,28). The van der Waals surface area contributed by atoms with E-state index in [1.54, 1.807) is 29.2 Å². The van der Waals surface area contributed by atoms with Gasteiger partial charge >= 0.3 is 11.8 Å². The van der Waals surface area contributed by atoms with E-state index in [1.807, 2.05) is 0 Å². The number of aryl methyl sites for hydroxylation is 1. The fourth-order valence-electron chi connectivity index (χ4n) is 3.37. The molecule has 3 aromatic rings. The summed E-state index contributed by atoms with van der Waals surface area (Å²) in [5.41, 5.74) is 0.872. The van der Waals surface area contributed by atoms with E-state index in [1.165, 1.54) is 29.6 Å². The number of hydrogen-bond donors (Lipinski definition) is 1. The molecule has 2 aromatic heterocycles. The van der Waals surface area contributed by atoms with Crippen LogP contribution in [0.25, 0.3) is 11.2 Å². The van der Waals surface area contributed by atoms with E-state index < -0.39 is 11.2 Å². The topological polar surface area (TPSA) is 120 Å². The van der Waals surface area contributed by atoms with Gasteiger partial charge in [0.15, 0.2) is 11.2 Å². The van der Waals surface area contributed by atoms with E-state index in [0.717, 1.165) is 15.8 Å². The third kappa shape index (κ3) is 3.85. The molecule has 0 saturated carbocycles. The predicted molar refractivity (Wildman–Crippen MR) is 115 cm³/mol. The summed E-state index contributed by atoms with van der Waals surface area (Å²) in [5, 5.41) is 2.67. The van der Waals surface area contributed by atoms with Gasteiger partial charge in [-0.25, -0.2) is 14.6 Å². The zero-order valence-corrected chi connectivity index (χ0v) is 17.5. The van der Waals surface area contributed by atoms with Crippen LogP contribution in [-0.2, 0) is 30.2 Å². The van der Waals surface area contributed by atoms with E-state index in [4.69, 9.17) is 4.74 Å². The molecule has 32 heavy (non-hydrogen) atoms. The number of cyclic esters (lactones) is 1. The van der Waals surface area contributed by atoms with Crippen LogP contribution >= 0.6 is 0 Å². The number of rotatable bonds is 4. The average Bonchev–Trinajstić information content (AvgIpc) is 3.40. The maximum Gasteiger partial charge on any atom is 0.414 e. The molecule has 11 heteroatoms. The molecule has 1 aliphatic heterocycles. The number of benzene rings is 1. The minimum absolute atomic E-state index is 0.113. The number of imidazole rings is 1. The molecular weight excluding hydrogens is 416 g/mol. The van der Waals surface area contributed by atoms with Crippen molar-refractivity contribution in [2.75, 3.05) is 24.6 Å². The molecule has 1 aromatic carbocycles. The monoisotopic (exact) mass is 436 g/mol. The van der Waals surface area contributed by atoms with Gasteiger partial charge < -0.3 is 14.6 Å². The zero-order valence-electron chi connectivity index (χ0n) is 17.5. The second-order valence-corrected chi connectivity index (χ2v) is 7.14. The van der Waals surface area contributed by atoms with Crippen LogP contribution in [0.4, 0.5) is 10.5 Å². The quantitative estimate of drug-likeness (QED) is 0.554. The molecule has 0 aliphatic carbocycles. The first-order valence-electron chi connectivity index (χ1n) is 9.77. The van der Waals surface area contributed by atoms with Crippen molar-refractivity contribution in [3.63, 3.8) is 0 Å². The number of anilines is 1.